The SMILES string of the molecule is Cc1c(-c2ccc(F)cc2)nc(N)c(C#N)c1-c1cccc(Cl)c1Cl. The molecule has 25 heavy (non-hydrogen) atoms. The fraction of sp³-hybridized carbons (Fsp3) is 0.0526. The van der Waals surface area contributed by atoms with E-state index in [1.54, 1.807) is 30.3 Å². The van der Waals surface area contributed by atoms with Crippen LogP contribution in [0.25, 0.3) is 22.4 Å². The quantitative estimate of drug-likeness (QED) is 0.635. The molecule has 124 valence electrons. The van der Waals surface area contributed by atoms with Crippen LogP contribution in [-0.2, 0) is 0 Å². The molecule has 2 N–H and O–H groups in total. The fourth-order valence-corrected chi connectivity index (χ4v) is 3.12. The molecule has 0 saturated heterocycles. The third kappa shape index (κ3) is 3.05. The van der Waals surface area contributed by atoms with Crippen molar-refractivity contribution < 1.29 is 4.39 Å². The van der Waals surface area contributed by atoms with Crippen molar-refractivity contribution in [3.63, 3.8) is 0 Å². The molecule has 0 aliphatic rings. The van der Waals surface area contributed by atoms with Gasteiger partial charge in [-0.25, -0.2) is 9.37 Å². The van der Waals surface area contributed by atoms with Gasteiger partial charge in [0.05, 0.1) is 15.7 Å². The number of anilines is 1. The molecule has 0 unspecified atom stereocenters. The van der Waals surface area contributed by atoms with Gasteiger partial charge in [0.1, 0.15) is 23.3 Å². The lowest BCUT2D eigenvalue weighted by molar-refractivity contribution is 0.628. The average molecular weight is 372 g/mol. The number of rotatable bonds is 2. The maximum atomic E-state index is 13.2. The van der Waals surface area contributed by atoms with Crippen molar-refractivity contribution in [2.75, 3.05) is 5.73 Å². The second kappa shape index (κ2) is 6.72. The summed E-state index contributed by atoms with van der Waals surface area (Å²) in [7, 11) is 0. The summed E-state index contributed by atoms with van der Waals surface area (Å²) in [5.41, 5.74) is 9.37. The van der Waals surface area contributed by atoms with E-state index < -0.39 is 0 Å². The van der Waals surface area contributed by atoms with Crippen molar-refractivity contribution in [1.82, 2.24) is 4.98 Å². The molecular weight excluding hydrogens is 360 g/mol. The number of benzene rings is 2. The third-order valence-electron chi connectivity index (χ3n) is 3.92. The second-order valence-corrected chi connectivity index (χ2v) is 6.23. The maximum Gasteiger partial charge on any atom is 0.142 e. The number of halogens is 3. The van der Waals surface area contributed by atoms with E-state index in [9.17, 15) is 9.65 Å². The zero-order valence-corrected chi connectivity index (χ0v) is 14.7. The topological polar surface area (TPSA) is 62.7 Å². The van der Waals surface area contributed by atoms with Gasteiger partial charge in [-0.05, 0) is 42.8 Å². The highest BCUT2D eigenvalue weighted by Gasteiger charge is 2.20. The molecule has 0 amide bonds. The van der Waals surface area contributed by atoms with Gasteiger partial charge >= 0.3 is 0 Å². The molecular formula is C19H12Cl2FN3. The molecule has 0 aliphatic carbocycles. The zero-order chi connectivity index (χ0) is 18.1. The molecule has 0 bridgehead atoms. The largest absolute Gasteiger partial charge is 0.383 e. The highest BCUT2D eigenvalue weighted by Crippen LogP contribution is 2.40. The molecule has 0 fully saturated rings. The van der Waals surface area contributed by atoms with Crippen LogP contribution in [0.15, 0.2) is 42.5 Å². The number of pyridine rings is 1. The summed E-state index contributed by atoms with van der Waals surface area (Å²) in [6.45, 7) is 1.82. The van der Waals surface area contributed by atoms with E-state index in [2.05, 4.69) is 11.1 Å². The molecule has 1 aromatic heterocycles. The highest BCUT2D eigenvalue weighted by atomic mass is 35.5. The predicted octanol–water partition coefficient (Wildman–Crippen LogP) is 5.62. The maximum absolute atomic E-state index is 13.2. The number of nitrogen functional groups attached to an aromatic ring is 1. The van der Waals surface area contributed by atoms with Crippen LogP contribution in [-0.4, -0.2) is 4.98 Å². The summed E-state index contributed by atoms with van der Waals surface area (Å²) in [5, 5.41) is 10.3. The Balaban J connectivity index is 2.36. The van der Waals surface area contributed by atoms with Crippen molar-refractivity contribution >= 4 is 29.0 Å². The second-order valence-electron chi connectivity index (χ2n) is 5.44. The Morgan fingerprint density at radius 2 is 1.80 bits per heavy atom. The van der Waals surface area contributed by atoms with Gasteiger partial charge in [-0.1, -0.05) is 35.3 Å². The average Bonchev–Trinajstić information content (AvgIpc) is 2.60. The zero-order valence-electron chi connectivity index (χ0n) is 13.1. The van der Waals surface area contributed by atoms with Crippen LogP contribution in [0.2, 0.25) is 10.0 Å². The summed E-state index contributed by atoms with van der Waals surface area (Å²) >= 11 is 12.5. The third-order valence-corrected chi connectivity index (χ3v) is 4.74. The van der Waals surface area contributed by atoms with E-state index in [-0.39, 0.29) is 17.2 Å². The van der Waals surface area contributed by atoms with Gasteiger partial charge in [-0.3, -0.25) is 0 Å². The lowest BCUT2D eigenvalue weighted by Gasteiger charge is -2.16. The van der Waals surface area contributed by atoms with Crippen LogP contribution in [0.3, 0.4) is 0 Å². The molecule has 0 spiro atoms. The van der Waals surface area contributed by atoms with Crippen LogP contribution in [0, 0.1) is 24.1 Å². The van der Waals surface area contributed by atoms with Crippen LogP contribution in [0.5, 0.6) is 0 Å². The van der Waals surface area contributed by atoms with E-state index in [4.69, 9.17) is 28.9 Å². The van der Waals surface area contributed by atoms with Gasteiger partial charge in [0.2, 0.25) is 0 Å². The standard InChI is InChI=1S/C19H12Cl2FN3/c1-10-16(13-3-2-4-15(20)17(13)21)14(9-23)19(24)25-18(10)11-5-7-12(22)8-6-11/h2-8H,1H3,(H2,24,25). The van der Waals surface area contributed by atoms with Gasteiger partial charge in [0.15, 0.2) is 0 Å². The normalized spacial score (nSPS) is 10.5. The molecule has 2 aromatic carbocycles. The van der Waals surface area contributed by atoms with Crippen molar-refractivity contribution in [2.45, 2.75) is 6.92 Å². The molecule has 3 aromatic rings. The molecule has 3 nitrogen and oxygen atoms in total. The summed E-state index contributed by atoms with van der Waals surface area (Å²) < 4.78 is 13.2. The van der Waals surface area contributed by atoms with Crippen molar-refractivity contribution in [2.24, 2.45) is 0 Å². The lowest BCUT2D eigenvalue weighted by Crippen LogP contribution is -2.03. The van der Waals surface area contributed by atoms with Crippen molar-refractivity contribution in [3.05, 3.63) is 69.5 Å². The van der Waals surface area contributed by atoms with E-state index in [1.807, 2.05) is 6.92 Å². The van der Waals surface area contributed by atoms with Gasteiger partial charge in [0.25, 0.3) is 0 Å². The predicted molar refractivity (Wildman–Crippen MR) is 99.0 cm³/mol. The summed E-state index contributed by atoms with van der Waals surface area (Å²) in [4.78, 5) is 4.34. The Labute approximate surface area is 154 Å². The van der Waals surface area contributed by atoms with E-state index in [1.165, 1.54) is 12.1 Å². The summed E-state index contributed by atoms with van der Waals surface area (Å²) in [6, 6.07) is 13.2. The summed E-state index contributed by atoms with van der Waals surface area (Å²) in [5.74, 6) is -0.264. The molecule has 3 rings (SSSR count). The number of nitriles is 1. The van der Waals surface area contributed by atoms with Gasteiger partial charge in [-0.15, -0.1) is 0 Å². The van der Waals surface area contributed by atoms with Gasteiger partial charge in [-0.2, -0.15) is 5.26 Å². The van der Waals surface area contributed by atoms with Crippen LogP contribution in [0.4, 0.5) is 10.2 Å². The monoisotopic (exact) mass is 371 g/mol. The van der Waals surface area contributed by atoms with Gasteiger partial charge < -0.3 is 5.73 Å². The molecule has 1 heterocycles. The molecule has 0 radical (unpaired) electrons. The molecule has 0 saturated carbocycles. The Kier molecular flexibility index (Phi) is 4.63. The molecule has 6 heteroatoms. The van der Waals surface area contributed by atoms with Crippen LogP contribution >= 0.6 is 23.2 Å². The minimum atomic E-state index is -0.346. The number of hydrogen-bond donors (Lipinski definition) is 1. The minimum absolute atomic E-state index is 0.0819. The minimum Gasteiger partial charge on any atom is -0.383 e. The van der Waals surface area contributed by atoms with Crippen LogP contribution < -0.4 is 5.73 Å². The van der Waals surface area contributed by atoms with Crippen LogP contribution in [0.1, 0.15) is 11.1 Å². The highest BCUT2D eigenvalue weighted by molar-refractivity contribution is 6.43. The first-order chi connectivity index (χ1) is 11.9. The fourth-order valence-electron chi connectivity index (χ4n) is 2.73. The summed E-state index contributed by atoms with van der Waals surface area (Å²) in [6.07, 6.45) is 0. The number of nitrogens with two attached hydrogens (primary N) is 1. The number of aromatic nitrogens is 1. The number of nitrogens with zero attached hydrogens (tertiary/aromatic N) is 2. The molecule has 0 aliphatic heterocycles. The smallest absolute Gasteiger partial charge is 0.142 e. The molecule has 0 atom stereocenters. The van der Waals surface area contributed by atoms with Gasteiger partial charge in [0, 0.05) is 16.7 Å². The Morgan fingerprint density at radius 1 is 1.12 bits per heavy atom. The van der Waals surface area contributed by atoms with E-state index >= 15 is 0 Å². The first-order valence-corrected chi connectivity index (χ1v) is 8.10. The van der Waals surface area contributed by atoms with E-state index in [0.717, 1.165) is 0 Å². The first kappa shape index (κ1) is 17.2. The van der Waals surface area contributed by atoms with Crippen molar-refractivity contribution in [1.29, 1.82) is 5.26 Å². The van der Waals surface area contributed by atoms with E-state index in [0.29, 0.717) is 38.0 Å². The Hall–Kier alpha value is -2.61. The Bertz CT molecular complexity index is 1010. The Morgan fingerprint density at radius 3 is 2.44 bits per heavy atom. The number of hydrogen-bond acceptors (Lipinski definition) is 3. The lowest BCUT2D eigenvalue weighted by atomic mass is 9.93. The van der Waals surface area contributed by atoms with Crippen molar-refractivity contribution in [3.8, 4) is 28.5 Å². The first-order valence-electron chi connectivity index (χ1n) is 7.34.